The minimum Gasteiger partial charge on any atom is -0.399 e. The third kappa shape index (κ3) is 7.66. The molecule has 0 atom stereocenters. The Balaban J connectivity index is 2.49. The Morgan fingerprint density at radius 3 is 2.38 bits per heavy atom. The molecule has 7 nitrogen and oxygen atoms in total. The number of hydrogen-bond donors (Lipinski definition) is 2. The Morgan fingerprint density at radius 1 is 1.14 bits per heavy atom. The van der Waals surface area contributed by atoms with Crippen LogP contribution in [0, 0.1) is 0 Å². The van der Waals surface area contributed by atoms with Crippen molar-refractivity contribution >= 4 is 37.0 Å². The number of amides is 1. The molecule has 0 fully saturated rings. The quantitative estimate of drug-likeness (QED) is 0.679. The van der Waals surface area contributed by atoms with Crippen molar-refractivity contribution in [2.45, 2.75) is 6.42 Å². The van der Waals surface area contributed by atoms with Crippen LogP contribution in [0.25, 0.3) is 0 Å². The molecular weight excluding hydrogens is 316 g/mol. The molecule has 3 N–H and O–H groups in total. The summed E-state index contributed by atoms with van der Waals surface area (Å²) in [6.45, 7) is 0. The van der Waals surface area contributed by atoms with Crippen LogP contribution in [0.15, 0.2) is 24.3 Å². The van der Waals surface area contributed by atoms with Crippen molar-refractivity contribution in [1.29, 1.82) is 0 Å². The zero-order chi connectivity index (χ0) is 16.1. The maximum absolute atomic E-state index is 11.6. The zero-order valence-corrected chi connectivity index (χ0v) is 13.2. The van der Waals surface area contributed by atoms with Gasteiger partial charge in [0.25, 0.3) is 0 Å². The maximum Gasteiger partial charge on any atom is 0.225 e. The molecule has 1 rings (SSSR count). The summed E-state index contributed by atoms with van der Waals surface area (Å²) in [5, 5.41) is 2.53. The minimum atomic E-state index is -3.57. The summed E-state index contributed by atoms with van der Waals surface area (Å²) in [7, 11) is -6.92. The van der Waals surface area contributed by atoms with Gasteiger partial charge in [-0.05, 0) is 18.2 Å². The van der Waals surface area contributed by atoms with E-state index in [-0.39, 0.29) is 6.42 Å². The lowest BCUT2D eigenvalue weighted by molar-refractivity contribution is -0.115. The molecule has 0 saturated heterocycles. The molecule has 0 radical (unpaired) electrons. The maximum atomic E-state index is 11.6. The molecule has 0 aliphatic rings. The third-order valence-electron chi connectivity index (χ3n) is 2.58. The molecule has 0 saturated carbocycles. The van der Waals surface area contributed by atoms with Gasteiger partial charge >= 0.3 is 0 Å². The fourth-order valence-corrected chi connectivity index (χ4v) is 4.40. The molecule has 1 aromatic rings. The van der Waals surface area contributed by atoms with Crippen LogP contribution in [0.1, 0.15) is 6.42 Å². The number of carbonyl (C=O) groups excluding carboxylic acids is 1. The van der Waals surface area contributed by atoms with Crippen molar-refractivity contribution < 1.29 is 21.6 Å². The normalized spacial score (nSPS) is 12.0. The third-order valence-corrected chi connectivity index (χ3v) is 5.43. The van der Waals surface area contributed by atoms with Crippen molar-refractivity contribution in [3.05, 3.63) is 24.3 Å². The first-order chi connectivity index (χ1) is 9.57. The number of anilines is 2. The van der Waals surface area contributed by atoms with E-state index in [1.54, 1.807) is 24.3 Å². The first-order valence-corrected chi connectivity index (χ1v) is 9.99. The molecule has 0 aromatic heterocycles. The first kappa shape index (κ1) is 17.4. The SMILES string of the molecule is CS(=O)(=O)CCS(=O)(=O)CCC(=O)Nc1cccc(N)c1. The number of nitrogens with two attached hydrogens (primary N) is 1. The Labute approximate surface area is 124 Å². The summed E-state index contributed by atoms with van der Waals surface area (Å²) < 4.78 is 45.1. The lowest BCUT2D eigenvalue weighted by atomic mass is 10.3. The van der Waals surface area contributed by atoms with Crippen molar-refractivity contribution in [2.24, 2.45) is 0 Å². The van der Waals surface area contributed by atoms with Crippen LogP contribution in [-0.2, 0) is 24.5 Å². The Morgan fingerprint density at radius 2 is 1.81 bits per heavy atom. The van der Waals surface area contributed by atoms with Gasteiger partial charge in [0.15, 0.2) is 9.84 Å². The highest BCUT2D eigenvalue weighted by atomic mass is 32.2. The van der Waals surface area contributed by atoms with Crippen molar-refractivity contribution in [3.63, 3.8) is 0 Å². The highest BCUT2D eigenvalue weighted by Gasteiger charge is 2.16. The van der Waals surface area contributed by atoms with Crippen molar-refractivity contribution in [2.75, 3.05) is 34.6 Å². The molecule has 1 amide bonds. The molecule has 9 heteroatoms. The van der Waals surface area contributed by atoms with Gasteiger partial charge in [0, 0.05) is 24.1 Å². The minimum absolute atomic E-state index is 0.235. The van der Waals surface area contributed by atoms with Gasteiger partial charge < -0.3 is 11.1 Å². The zero-order valence-electron chi connectivity index (χ0n) is 11.6. The summed E-state index contributed by atoms with van der Waals surface area (Å²) in [5.41, 5.74) is 6.51. The van der Waals surface area contributed by atoms with Crippen LogP contribution >= 0.6 is 0 Å². The summed E-state index contributed by atoms with van der Waals surface area (Å²) >= 11 is 0. The lowest BCUT2D eigenvalue weighted by Gasteiger charge is -2.06. The van der Waals surface area contributed by atoms with E-state index in [1.165, 1.54) is 0 Å². The Bertz CT molecular complexity index is 711. The number of rotatable bonds is 7. The highest BCUT2D eigenvalue weighted by molar-refractivity contribution is 7.94. The summed E-state index contributed by atoms with van der Waals surface area (Å²) in [4.78, 5) is 11.6. The van der Waals surface area contributed by atoms with E-state index in [0.717, 1.165) is 6.26 Å². The van der Waals surface area contributed by atoms with E-state index in [2.05, 4.69) is 5.32 Å². The molecule has 0 spiro atoms. The summed E-state index contributed by atoms with van der Waals surface area (Å²) in [5.74, 6) is -1.77. The predicted octanol–water partition coefficient (Wildman–Crippen LogP) is 0.0568. The van der Waals surface area contributed by atoms with E-state index in [1.807, 2.05) is 0 Å². The van der Waals surface area contributed by atoms with E-state index in [4.69, 9.17) is 5.73 Å². The van der Waals surface area contributed by atoms with Gasteiger partial charge in [0.1, 0.15) is 9.84 Å². The van der Waals surface area contributed by atoms with Gasteiger partial charge in [-0.2, -0.15) is 0 Å². The highest BCUT2D eigenvalue weighted by Crippen LogP contribution is 2.12. The number of carbonyl (C=O) groups is 1. The number of hydrogen-bond acceptors (Lipinski definition) is 6. The number of nitrogens with one attached hydrogen (secondary N) is 1. The number of benzene rings is 1. The van der Waals surface area contributed by atoms with Crippen LogP contribution in [0.2, 0.25) is 0 Å². The van der Waals surface area contributed by atoms with Gasteiger partial charge in [-0.3, -0.25) is 4.79 Å². The summed E-state index contributed by atoms with van der Waals surface area (Å²) in [6, 6.07) is 6.50. The van der Waals surface area contributed by atoms with Crippen molar-refractivity contribution in [1.82, 2.24) is 0 Å². The largest absolute Gasteiger partial charge is 0.399 e. The molecule has 0 aliphatic heterocycles. The van der Waals surface area contributed by atoms with Crippen LogP contribution in [0.4, 0.5) is 11.4 Å². The van der Waals surface area contributed by atoms with E-state index < -0.39 is 42.8 Å². The molecule has 21 heavy (non-hydrogen) atoms. The van der Waals surface area contributed by atoms with Crippen LogP contribution in [0.3, 0.4) is 0 Å². The molecule has 1 aromatic carbocycles. The molecule has 0 heterocycles. The van der Waals surface area contributed by atoms with Crippen LogP contribution in [0.5, 0.6) is 0 Å². The van der Waals surface area contributed by atoms with Gasteiger partial charge in [0.05, 0.1) is 17.3 Å². The monoisotopic (exact) mass is 334 g/mol. The van der Waals surface area contributed by atoms with Gasteiger partial charge in [-0.15, -0.1) is 0 Å². The van der Waals surface area contributed by atoms with E-state index in [9.17, 15) is 21.6 Å². The Kier molecular flexibility index (Phi) is 5.73. The lowest BCUT2D eigenvalue weighted by Crippen LogP contribution is -2.22. The molecule has 0 aliphatic carbocycles. The average Bonchev–Trinajstić information content (AvgIpc) is 2.34. The van der Waals surface area contributed by atoms with E-state index >= 15 is 0 Å². The van der Waals surface area contributed by atoms with Gasteiger partial charge in [-0.1, -0.05) is 6.07 Å². The second-order valence-electron chi connectivity index (χ2n) is 4.71. The fraction of sp³-hybridized carbons (Fsp3) is 0.417. The topological polar surface area (TPSA) is 123 Å². The van der Waals surface area contributed by atoms with Crippen LogP contribution in [-0.4, -0.2) is 46.3 Å². The Hall–Kier alpha value is -1.61. The molecule has 0 bridgehead atoms. The van der Waals surface area contributed by atoms with Crippen LogP contribution < -0.4 is 11.1 Å². The van der Waals surface area contributed by atoms with Gasteiger partial charge in [0.2, 0.25) is 5.91 Å². The molecular formula is C12H18N2O5S2. The predicted molar refractivity (Wildman–Crippen MR) is 82.5 cm³/mol. The molecule has 0 unspecified atom stereocenters. The smallest absolute Gasteiger partial charge is 0.225 e. The second kappa shape index (κ2) is 6.90. The number of nitrogen functional groups attached to an aromatic ring is 1. The summed E-state index contributed by atoms with van der Waals surface area (Å²) in [6.07, 6.45) is 0.732. The number of sulfone groups is 2. The second-order valence-corrected chi connectivity index (χ2v) is 9.27. The molecule has 118 valence electrons. The average molecular weight is 334 g/mol. The van der Waals surface area contributed by atoms with E-state index in [0.29, 0.717) is 11.4 Å². The first-order valence-electron chi connectivity index (χ1n) is 6.11. The van der Waals surface area contributed by atoms with Crippen molar-refractivity contribution in [3.8, 4) is 0 Å². The van der Waals surface area contributed by atoms with Gasteiger partial charge in [-0.25, -0.2) is 16.8 Å². The fourth-order valence-electron chi connectivity index (χ4n) is 1.47. The standard InChI is InChI=1S/C12H18N2O5S2/c1-20(16,17)7-8-21(18,19)6-5-12(15)14-11-4-2-3-10(13)9-11/h2-4,9H,5-8,13H2,1H3,(H,14,15).